The number of benzene rings is 1. The van der Waals surface area contributed by atoms with Crippen molar-refractivity contribution in [3.8, 4) is 11.4 Å². The molecule has 0 bridgehead atoms. The van der Waals surface area contributed by atoms with Gasteiger partial charge in [-0.15, -0.1) is 0 Å². The van der Waals surface area contributed by atoms with Crippen LogP contribution in [0.3, 0.4) is 0 Å². The van der Waals surface area contributed by atoms with Crippen molar-refractivity contribution in [3.63, 3.8) is 0 Å². The van der Waals surface area contributed by atoms with E-state index in [1.54, 1.807) is 17.6 Å². The summed E-state index contributed by atoms with van der Waals surface area (Å²) in [7, 11) is 0. The number of aromatic nitrogens is 1. The summed E-state index contributed by atoms with van der Waals surface area (Å²) in [5.74, 6) is 0.00434. The molecule has 4 heteroatoms. The Morgan fingerprint density at radius 1 is 1.25 bits per heavy atom. The number of halogens is 1. The van der Waals surface area contributed by atoms with Crippen LogP contribution in [0.1, 0.15) is 5.69 Å². The Labute approximate surface area is 107 Å². The zero-order valence-corrected chi connectivity index (χ0v) is 10.8. The minimum Gasteiger partial charge on any atom is -0.508 e. The highest BCUT2D eigenvalue weighted by molar-refractivity contribution is 14.1. The van der Waals surface area contributed by atoms with Gasteiger partial charge >= 0.3 is 0 Å². The fourth-order valence-electron chi connectivity index (χ4n) is 1.63. The van der Waals surface area contributed by atoms with Gasteiger partial charge in [-0.1, -0.05) is 12.1 Å². The van der Waals surface area contributed by atoms with Gasteiger partial charge in [-0.3, -0.25) is 9.36 Å². The molecule has 1 heterocycles. The lowest BCUT2D eigenvalue weighted by Crippen LogP contribution is -2.19. The average Bonchev–Trinajstić information content (AvgIpc) is 2.19. The predicted octanol–water partition coefficient (Wildman–Crippen LogP) is 2.46. The molecule has 0 aliphatic carbocycles. The van der Waals surface area contributed by atoms with E-state index < -0.39 is 0 Å². The molecule has 0 aliphatic rings. The summed E-state index contributed by atoms with van der Waals surface area (Å²) >= 11 is 2.18. The van der Waals surface area contributed by atoms with E-state index >= 15 is 0 Å². The number of para-hydroxylation sites is 1. The molecule has 3 nitrogen and oxygen atoms in total. The van der Waals surface area contributed by atoms with Crippen LogP contribution < -0.4 is 5.56 Å². The lowest BCUT2D eigenvalue weighted by molar-refractivity contribution is 0.472. The maximum Gasteiger partial charge on any atom is 0.259 e. The quantitative estimate of drug-likeness (QED) is 0.818. The fourth-order valence-corrected chi connectivity index (χ4v) is 2.26. The highest BCUT2D eigenvalue weighted by atomic mass is 127. The normalized spacial score (nSPS) is 10.4. The largest absolute Gasteiger partial charge is 0.508 e. The molecule has 1 aromatic heterocycles. The molecule has 0 amide bonds. The Morgan fingerprint density at radius 3 is 2.56 bits per heavy atom. The maximum absolute atomic E-state index is 11.8. The van der Waals surface area contributed by atoms with E-state index in [-0.39, 0.29) is 11.3 Å². The molecule has 16 heavy (non-hydrogen) atoms. The number of hydrogen-bond donors (Lipinski definition) is 1. The lowest BCUT2D eigenvalue weighted by atomic mass is 10.2. The molecule has 0 radical (unpaired) electrons. The van der Waals surface area contributed by atoms with Gasteiger partial charge in [-0.25, -0.2) is 0 Å². The van der Waals surface area contributed by atoms with Crippen LogP contribution in [-0.2, 0) is 0 Å². The second-order valence-corrected chi connectivity index (χ2v) is 4.64. The molecule has 0 unspecified atom stereocenters. The Balaban J connectivity index is 2.75. The van der Waals surface area contributed by atoms with E-state index in [9.17, 15) is 9.90 Å². The minimum atomic E-state index is -0.221. The fraction of sp³-hybridized carbons (Fsp3) is 0.0833. The number of hydrogen-bond acceptors (Lipinski definition) is 2. The molecule has 82 valence electrons. The van der Waals surface area contributed by atoms with E-state index in [2.05, 4.69) is 22.6 Å². The summed E-state index contributed by atoms with van der Waals surface area (Å²) in [5, 5.41) is 9.32. The Bertz CT molecular complexity index is 590. The third-order valence-corrected chi connectivity index (χ3v) is 3.21. The van der Waals surface area contributed by atoms with E-state index in [4.69, 9.17) is 0 Å². The number of rotatable bonds is 1. The SMILES string of the molecule is Cc1cc(O)cc(=O)n1-c1ccccc1I. The Hall–Kier alpha value is -1.30. The van der Waals surface area contributed by atoms with Crippen molar-refractivity contribution >= 4 is 22.6 Å². The first-order valence-electron chi connectivity index (χ1n) is 4.77. The molecule has 0 saturated heterocycles. The minimum absolute atomic E-state index is 0.00434. The summed E-state index contributed by atoms with van der Waals surface area (Å²) in [4.78, 5) is 11.8. The van der Waals surface area contributed by atoms with Crippen molar-refractivity contribution in [1.82, 2.24) is 4.57 Å². The summed E-state index contributed by atoms with van der Waals surface area (Å²) in [6.45, 7) is 1.80. The van der Waals surface area contributed by atoms with Gasteiger partial charge < -0.3 is 5.11 Å². The van der Waals surface area contributed by atoms with Crippen LogP contribution >= 0.6 is 22.6 Å². The van der Waals surface area contributed by atoms with Crippen LogP contribution in [-0.4, -0.2) is 9.67 Å². The van der Waals surface area contributed by atoms with E-state index in [1.165, 1.54) is 6.07 Å². The van der Waals surface area contributed by atoms with Crippen molar-refractivity contribution in [1.29, 1.82) is 0 Å². The molecule has 1 N–H and O–H groups in total. The monoisotopic (exact) mass is 327 g/mol. The van der Waals surface area contributed by atoms with Gasteiger partial charge in [0.15, 0.2) is 0 Å². The second kappa shape index (κ2) is 4.29. The second-order valence-electron chi connectivity index (χ2n) is 3.48. The van der Waals surface area contributed by atoms with E-state index in [0.29, 0.717) is 5.69 Å². The first-order chi connectivity index (χ1) is 7.59. The third kappa shape index (κ3) is 1.97. The summed E-state index contributed by atoms with van der Waals surface area (Å²) in [6, 6.07) is 10.4. The van der Waals surface area contributed by atoms with Gasteiger partial charge in [-0.2, -0.15) is 0 Å². The van der Waals surface area contributed by atoms with Crippen LogP contribution in [0, 0.1) is 10.5 Å². The highest BCUT2D eigenvalue weighted by Gasteiger charge is 2.07. The lowest BCUT2D eigenvalue weighted by Gasteiger charge is -2.11. The van der Waals surface area contributed by atoms with Crippen LogP contribution in [0.2, 0.25) is 0 Å². The maximum atomic E-state index is 11.8. The number of pyridine rings is 1. The molecular weight excluding hydrogens is 317 g/mol. The molecule has 0 saturated carbocycles. The molecule has 0 fully saturated rings. The van der Waals surface area contributed by atoms with Crippen molar-refractivity contribution in [2.45, 2.75) is 6.92 Å². The molecule has 0 spiro atoms. The number of aryl methyl sites for hydroxylation is 1. The summed E-state index contributed by atoms with van der Waals surface area (Å²) < 4.78 is 2.58. The first-order valence-corrected chi connectivity index (χ1v) is 5.85. The Kier molecular flexibility index (Phi) is 3.00. The first kappa shape index (κ1) is 11.2. The van der Waals surface area contributed by atoms with Gasteiger partial charge in [0.05, 0.1) is 5.69 Å². The van der Waals surface area contributed by atoms with Gasteiger partial charge in [0.25, 0.3) is 5.56 Å². The molecule has 0 atom stereocenters. The van der Waals surface area contributed by atoms with Crippen LogP contribution in [0.25, 0.3) is 5.69 Å². The summed E-state index contributed by atoms with van der Waals surface area (Å²) in [5.41, 5.74) is 1.33. The zero-order chi connectivity index (χ0) is 11.7. The predicted molar refractivity (Wildman–Crippen MR) is 71.2 cm³/mol. The highest BCUT2D eigenvalue weighted by Crippen LogP contribution is 2.18. The molecule has 0 aliphatic heterocycles. The van der Waals surface area contributed by atoms with Crippen molar-refractivity contribution in [2.75, 3.05) is 0 Å². The van der Waals surface area contributed by atoms with Crippen LogP contribution in [0.15, 0.2) is 41.2 Å². The van der Waals surface area contributed by atoms with Crippen LogP contribution in [0.5, 0.6) is 5.75 Å². The van der Waals surface area contributed by atoms with Gasteiger partial charge in [0, 0.05) is 15.3 Å². The number of aromatic hydroxyl groups is 1. The smallest absolute Gasteiger partial charge is 0.259 e. The standard InChI is InChI=1S/C12H10INO2/c1-8-6-9(15)7-12(16)14(8)11-5-3-2-4-10(11)13/h2-7,15H,1H3. The Morgan fingerprint density at radius 2 is 1.94 bits per heavy atom. The van der Waals surface area contributed by atoms with Crippen molar-refractivity contribution in [3.05, 3.63) is 56.0 Å². The molecule has 1 aromatic carbocycles. The van der Waals surface area contributed by atoms with Crippen LogP contribution in [0.4, 0.5) is 0 Å². The number of nitrogens with zero attached hydrogens (tertiary/aromatic N) is 1. The van der Waals surface area contributed by atoms with Gasteiger partial charge in [0.1, 0.15) is 5.75 Å². The molecular formula is C12H10INO2. The van der Waals surface area contributed by atoms with E-state index in [0.717, 1.165) is 9.26 Å². The van der Waals surface area contributed by atoms with Crippen molar-refractivity contribution in [2.24, 2.45) is 0 Å². The van der Waals surface area contributed by atoms with Crippen molar-refractivity contribution < 1.29 is 5.11 Å². The topological polar surface area (TPSA) is 42.2 Å². The zero-order valence-electron chi connectivity index (χ0n) is 8.64. The van der Waals surface area contributed by atoms with Gasteiger partial charge in [-0.05, 0) is 47.7 Å². The molecule has 2 aromatic rings. The third-order valence-electron chi connectivity index (χ3n) is 2.29. The van der Waals surface area contributed by atoms with Gasteiger partial charge in [0.2, 0.25) is 0 Å². The summed E-state index contributed by atoms with van der Waals surface area (Å²) in [6.07, 6.45) is 0. The van der Waals surface area contributed by atoms with E-state index in [1.807, 2.05) is 24.3 Å². The molecule has 2 rings (SSSR count). The average molecular weight is 327 g/mol.